The van der Waals surface area contributed by atoms with Crippen LogP contribution in [0.1, 0.15) is 25.3 Å². The summed E-state index contributed by atoms with van der Waals surface area (Å²) in [4.78, 5) is 10.8. The van der Waals surface area contributed by atoms with Gasteiger partial charge in [0.15, 0.2) is 0 Å². The fourth-order valence-corrected chi connectivity index (χ4v) is 1.64. The van der Waals surface area contributed by atoms with Gasteiger partial charge in [-0.05, 0) is 17.5 Å². The third kappa shape index (κ3) is 2.26. The van der Waals surface area contributed by atoms with Crippen molar-refractivity contribution in [3.05, 3.63) is 34.9 Å². The lowest BCUT2D eigenvalue weighted by Gasteiger charge is -2.17. The van der Waals surface area contributed by atoms with Crippen LogP contribution in [0.15, 0.2) is 24.3 Å². The summed E-state index contributed by atoms with van der Waals surface area (Å²) < 4.78 is 0. The molecule has 0 saturated carbocycles. The van der Waals surface area contributed by atoms with Gasteiger partial charge in [-0.1, -0.05) is 43.6 Å². The predicted molar refractivity (Wildman–Crippen MR) is 56.7 cm³/mol. The Hall–Kier alpha value is -1.02. The van der Waals surface area contributed by atoms with Crippen molar-refractivity contribution in [2.75, 3.05) is 0 Å². The first-order chi connectivity index (χ1) is 6.54. The lowest BCUT2D eigenvalue weighted by Crippen LogP contribution is -2.16. The van der Waals surface area contributed by atoms with Crippen molar-refractivity contribution in [3.63, 3.8) is 0 Å². The molecule has 0 bridgehead atoms. The normalized spacial score (nSPS) is 14.8. The highest BCUT2D eigenvalue weighted by atomic mass is 35.5. The van der Waals surface area contributed by atoms with Crippen molar-refractivity contribution in [1.29, 1.82) is 0 Å². The molecule has 0 aliphatic rings. The van der Waals surface area contributed by atoms with Crippen LogP contribution >= 0.6 is 11.6 Å². The van der Waals surface area contributed by atoms with Crippen LogP contribution in [-0.2, 0) is 4.79 Å². The van der Waals surface area contributed by atoms with Crippen molar-refractivity contribution >= 4 is 17.6 Å². The highest BCUT2D eigenvalue weighted by molar-refractivity contribution is 6.31. The maximum Gasteiger partial charge on any atom is 0.306 e. The Morgan fingerprint density at radius 2 is 1.93 bits per heavy atom. The zero-order valence-corrected chi connectivity index (χ0v) is 8.95. The van der Waals surface area contributed by atoms with E-state index < -0.39 is 11.9 Å². The number of carbonyl (C=O) groups is 1. The van der Waals surface area contributed by atoms with Gasteiger partial charge < -0.3 is 5.11 Å². The van der Waals surface area contributed by atoms with Crippen LogP contribution in [0.5, 0.6) is 0 Å². The van der Waals surface area contributed by atoms with Gasteiger partial charge in [-0.2, -0.15) is 0 Å². The van der Waals surface area contributed by atoms with Crippen LogP contribution in [0.3, 0.4) is 0 Å². The standard InChI is InChI=1S/C11H13ClO2/c1-7(8(2)11(13)14)9-5-3-4-6-10(9)12/h3-8H,1-2H3,(H,13,14). The molecule has 1 N–H and O–H groups in total. The number of rotatable bonds is 3. The Bertz CT molecular complexity index is 336. The van der Waals surface area contributed by atoms with E-state index in [4.69, 9.17) is 16.7 Å². The lowest BCUT2D eigenvalue weighted by atomic mass is 9.89. The predicted octanol–water partition coefficient (Wildman–Crippen LogP) is 3.16. The highest BCUT2D eigenvalue weighted by Gasteiger charge is 2.22. The molecule has 0 amide bonds. The number of hydrogen-bond acceptors (Lipinski definition) is 1. The zero-order chi connectivity index (χ0) is 10.7. The van der Waals surface area contributed by atoms with E-state index in [1.165, 1.54) is 0 Å². The molecule has 0 aliphatic heterocycles. The van der Waals surface area contributed by atoms with Crippen molar-refractivity contribution in [2.45, 2.75) is 19.8 Å². The largest absolute Gasteiger partial charge is 0.481 e. The topological polar surface area (TPSA) is 37.3 Å². The van der Waals surface area contributed by atoms with Gasteiger partial charge in [0.05, 0.1) is 5.92 Å². The molecule has 0 aliphatic carbocycles. The molecule has 2 unspecified atom stereocenters. The van der Waals surface area contributed by atoms with Gasteiger partial charge in [-0.25, -0.2) is 0 Å². The van der Waals surface area contributed by atoms with Crippen LogP contribution in [0, 0.1) is 5.92 Å². The summed E-state index contributed by atoms with van der Waals surface area (Å²) in [5.41, 5.74) is 0.893. The molecule has 0 spiro atoms. The number of benzene rings is 1. The van der Waals surface area contributed by atoms with Crippen molar-refractivity contribution in [2.24, 2.45) is 5.92 Å². The number of carboxylic acids is 1. The summed E-state index contributed by atoms with van der Waals surface area (Å²) in [7, 11) is 0. The smallest absolute Gasteiger partial charge is 0.306 e. The van der Waals surface area contributed by atoms with E-state index in [1.807, 2.05) is 25.1 Å². The van der Waals surface area contributed by atoms with Gasteiger partial charge in [-0.3, -0.25) is 4.79 Å². The van der Waals surface area contributed by atoms with E-state index in [0.717, 1.165) is 5.56 Å². The molecule has 0 heterocycles. The van der Waals surface area contributed by atoms with Crippen LogP contribution < -0.4 is 0 Å². The summed E-state index contributed by atoms with van der Waals surface area (Å²) in [6.07, 6.45) is 0. The van der Waals surface area contributed by atoms with Crippen LogP contribution in [0.25, 0.3) is 0 Å². The van der Waals surface area contributed by atoms with Crippen LogP contribution in [0.4, 0.5) is 0 Å². The van der Waals surface area contributed by atoms with E-state index in [2.05, 4.69) is 0 Å². The van der Waals surface area contributed by atoms with E-state index in [9.17, 15) is 4.79 Å². The Morgan fingerprint density at radius 3 is 2.43 bits per heavy atom. The second kappa shape index (κ2) is 4.47. The monoisotopic (exact) mass is 212 g/mol. The number of halogens is 1. The maximum atomic E-state index is 10.8. The summed E-state index contributed by atoms with van der Waals surface area (Å²) in [6, 6.07) is 7.35. The Morgan fingerprint density at radius 1 is 1.36 bits per heavy atom. The first-order valence-electron chi connectivity index (χ1n) is 4.51. The molecule has 1 rings (SSSR count). The van der Waals surface area contributed by atoms with Gasteiger partial charge in [0.1, 0.15) is 0 Å². The van der Waals surface area contributed by atoms with E-state index in [-0.39, 0.29) is 5.92 Å². The fraction of sp³-hybridized carbons (Fsp3) is 0.364. The van der Waals surface area contributed by atoms with Crippen molar-refractivity contribution < 1.29 is 9.90 Å². The zero-order valence-electron chi connectivity index (χ0n) is 8.20. The molecule has 2 nitrogen and oxygen atoms in total. The van der Waals surface area contributed by atoms with Gasteiger partial charge in [0, 0.05) is 5.02 Å². The average molecular weight is 213 g/mol. The summed E-state index contributed by atoms with van der Waals surface area (Å²) >= 11 is 5.97. The Kier molecular flexibility index (Phi) is 3.53. The minimum absolute atomic E-state index is 0.0683. The summed E-state index contributed by atoms with van der Waals surface area (Å²) in [5.74, 6) is -1.28. The fourth-order valence-electron chi connectivity index (χ4n) is 1.33. The van der Waals surface area contributed by atoms with Gasteiger partial charge >= 0.3 is 5.97 Å². The second-order valence-corrected chi connectivity index (χ2v) is 3.84. The number of carboxylic acid groups (broad SMARTS) is 1. The Labute approximate surface area is 88.5 Å². The quantitative estimate of drug-likeness (QED) is 0.836. The molecular formula is C11H13ClO2. The molecule has 1 aromatic carbocycles. The average Bonchev–Trinajstić information content (AvgIpc) is 2.16. The molecule has 0 aromatic heterocycles. The van der Waals surface area contributed by atoms with E-state index in [0.29, 0.717) is 5.02 Å². The third-order valence-corrected chi connectivity index (χ3v) is 2.88. The molecule has 76 valence electrons. The minimum atomic E-state index is -0.794. The maximum absolute atomic E-state index is 10.8. The number of aliphatic carboxylic acids is 1. The van der Waals surface area contributed by atoms with Gasteiger partial charge in [-0.15, -0.1) is 0 Å². The summed E-state index contributed by atoms with van der Waals surface area (Å²) in [5, 5.41) is 9.49. The minimum Gasteiger partial charge on any atom is -0.481 e. The van der Waals surface area contributed by atoms with Crippen LogP contribution in [-0.4, -0.2) is 11.1 Å². The summed E-state index contributed by atoms with van der Waals surface area (Å²) in [6.45, 7) is 3.57. The molecule has 0 fully saturated rings. The molecule has 14 heavy (non-hydrogen) atoms. The molecule has 0 saturated heterocycles. The SMILES string of the molecule is CC(C(=O)O)C(C)c1ccccc1Cl. The lowest BCUT2D eigenvalue weighted by molar-refractivity contribution is -0.141. The highest BCUT2D eigenvalue weighted by Crippen LogP contribution is 2.29. The van der Waals surface area contributed by atoms with E-state index >= 15 is 0 Å². The molecule has 2 atom stereocenters. The van der Waals surface area contributed by atoms with Crippen LogP contribution in [0.2, 0.25) is 5.02 Å². The molecule has 3 heteroatoms. The first-order valence-corrected chi connectivity index (χ1v) is 4.89. The third-order valence-electron chi connectivity index (χ3n) is 2.54. The van der Waals surface area contributed by atoms with Gasteiger partial charge in [0.25, 0.3) is 0 Å². The molecule has 1 aromatic rings. The molecule has 0 radical (unpaired) electrons. The van der Waals surface area contributed by atoms with Crippen molar-refractivity contribution in [3.8, 4) is 0 Å². The first kappa shape index (κ1) is 11.1. The second-order valence-electron chi connectivity index (χ2n) is 3.44. The van der Waals surface area contributed by atoms with E-state index in [1.54, 1.807) is 13.0 Å². The molecular weight excluding hydrogens is 200 g/mol. The number of hydrogen-bond donors (Lipinski definition) is 1. The van der Waals surface area contributed by atoms with Crippen molar-refractivity contribution in [1.82, 2.24) is 0 Å². The Balaban J connectivity index is 2.94. The van der Waals surface area contributed by atoms with Gasteiger partial charge in [0.2, 0.25) is 0 Å².